The van der Waals surface area contributed by atoms with Crippen molar-refractivity contribution in [1.82, 2.24) is 5.06 Å². The monoisotopic (exact) mass is 349 g/mol. The number of nitrogens with zero attached hydrogens (tertiary/aromatic N) is 1. The highest BCUT2D eigenvalue weighted by Gasteiger charge is 2.33. The number of carbonyl (C=O) groups excluding carboxylic acids is 3. The molecule has 1 saturated heterocycles. The van der Waals surface area contributed by atoms with Crippen LogP contribution in [-0.2, 0) is 38.1 Å². The van der Waals surface area contributed by atoms with Crippen molar-refractivity contribution in [1.29, 1.82) is 0 Å². The van der Waals surface area contributed by atoms with E-state index in [-0.39, 0.29) is 26.1 Å². The normalized spacial score (nSPS) is 14.3. The molecular weight excluding hydrogens is 326 g/mol. The molecule has 10 nitrogen and oxygen atoms in total. The third-order valence-corrected chi connectivity index (χ3v) is 2.79. The average molecular weight is 349 g/mol. The van der Waals surface area contributed by atoms with Crippen LogP contribution < -0.4 is 0 Å². The summed E-state index contributed by atoms with van der Waals surface area (Å²) in [5.74, 6) is -1.12. The van der Waals surface area contributed by atoms with Gasteiger partial charge in [-0.05, 0) is 0 Å². The van der Waals surface area contributed by atoms with Crippen LogP contribution in [0.15, 0.2) is 0 Å². The number of methoxy groups -OCH3 is 1. The van der Waals surface area contributed by atoms with Crippen LogP contribution in [0, 0.1) is 0 Å². The van der Waals surface area contributed by atoms with Crippen LogP contribution in [0.25, 0.3) is 0 Å². The molecule has 0 aliphatic carbocycles. The molecule has 138 valence electrons. The lowest BCUT2D eigenvalue weighted by Crippen LogP contribution is -2.32. The number of hydrogen-bond acceptors (Lipinski definition) is 9. The van der Waals surface area contributed by atoms with Crippen molar-refractivity contribution in [2.24, 2.45) is 0 Å². The molecule has 1 heterocycles. The minimum Gasteiger partial charge on any atom is -0.430 e. The minimum absolute atomic E-state index is 0.0344. The van der Waals surface area contributed by atoms with Gasteiger partial charge >= 0.3 is 6.16 Å². The molecule has 10 heteroatoms. The number of hydrogen-bond donors (Lipinski definition) is 0. The second-order valence-electron chi connectivity index (χ2n) is 4.60. The molecule has 0 aromatic carbocycles. The first-order chi connectivity index (χ1) is 11.6. The Balaban J connectivity index is 1.87. The summed E-state index contributed by atoms with van der Waals surface area (Å²) in [4.78, 5) is 38.2. The van der Waals surface area contributed by atoms with Crippen molar-refractivity contribution >= 4 is 18.0 Å². The zero-order valence-electron chi connectivity index (χ0n) is 13.7. The topological polar surface area (TPSA) is 110 Å². The van der Waals surface area contributed by atoms with Crippen molar-refractivity contribution in [2.45, 2.75) is 12.8 Å². The van der Waals surface area contributed by atoms with Gasteiger partial charge in [-0.15, -0.1) is 0 Å². The van der Waals surface area contributed by atoms with Crippen LogP contribution in [0.4, 0.5) is 4.79 Å². The van der Waals surface area contributed by atoms with Gasteiger partial charge in [0.05, 0.1) is 46.2 Å². The lowest BCUT2D eigenvalue weighted by Gasteiger charge is -2.12. The molecule has 0 bridgehead atoms. The molecule has 2 amide bonds. The molecule has 24 heavy (non-hydrogen) atoms. The van der Waals surface area contributed by atoms with Crippen LogP contribution in [0.5, 0.6) is 0 Å². The number of carbonyl (C=O) groups is 3. The van der Waals surface area contributed by atoms with Crippen molar-refractivity contribution in [3.63, 3.8) is 0 Å². The smallest absolute Gasteiger partial charge is 0.430 e. The highest BCUT2D eigenvalue weighted by atomic mass is 16.8. The van der Waals surface area contributed by atoms with Crippen LogP contribution in [-0.4, -0.2) is 83.0 Å². The molecule has 1 aliphatic rings. The Bertz CT molecular complexity index is 386. The molecule has 0 radical (unpaired) electrons. The summed E-state index contributed by atoms with van der Waals surface area (Å²) in [5.41, 5.74) is 0. The number of imide groups is 1. The quantitative estimate of drug-likeness (QED) is 0.256. The van der Waals surface area contributed by atoms with E-state index in [9.17, 15) is 14.4 Å². The Kier molecular flexibility index (Phi) is 10.7. The molecule has 0 N–H and O–H groups in total. The lowest BCUT2D eigenvalue weighted by atomic mass is 10.4. The number of rotatable bonds is 13. The van der Waals surface area contributed by atoms with Crippen molar-refractivity contribution in [3.8, 4) is 0 Å². The highest BCUT2D eigenvalue weighted by molar-refractivity contribution is 6.01. The van der Waals surface area contributed by atoms with Gasteiger partial charge < -0.3 is 23.7 Å². The summed E-state index contributed by atoms with van der Waals surface area (Å²) in [6.07, 6.45) is -1.05. The Labute approximate surface area is 139 Å². The lowest BCUT2D eigenvalue weighted by molar-refractivity contribution is -0.177. The SMILES string of the molecule is COCCOCCOCCOCCOC(=O)ON1C(=O)CCC1=O. The second kappa shape index (κ2) is 12.6. The Morgan fingerprint density at radius 3 is 1.79 bits per heavy atom. The largest absolute Gasteiger partial charge is 0.534 e. The average Bonchev–Trinajstić information content (AvgIpc) is 2.88. The highest BCUT2D eigenvalue weighted by Crippen LogP contribution is 2.12. The standard InChI is InChI=1S/C14H23NO9/c1-19-4-5-20-6-7-21-8-9-22-10-11-23-14(18)24-15-12(16)2-3-13(15)17/h2-11H2,1H3. The number of amides is 2. The zero-order chi connectivity index (χ0) is 17.6. The van der Waals surface area contributed by atoms with Crippen molar-refractivity contribution in [2.75, 3.05) is 60.0 Å². The van der Waals surface area contributed by atoms with Gasteiger partial charge in [-0.2, -0.15) is 0 Å². The predicted octanol–water partition coefficient (Wildman–Crippen LogP) is -0.100. The molecule has 1 rings (SSSR count). The van der Waals surface area contributed by atoms with E-state index in [1.807, 2.05) is 0 Å². The van der Waals surface area contributed by atoms with E-state index in [4.69, 9.17) is 18.9 Å². The zero-order valence-corrected chi connectivity index (χ0v) is 13.7. The van der Waals surface area contributed by atoms with E-state index in [1.54, 1.807) is 7.11 Å². The van der Waals surface area contributed by atoms with E-state index in [1.165, 1.54) is 0 Å². The van der Waals surface area contributed by atoms with E-state index in [0.717, 1.165) is 0 Å². The Hall–Kier alpha value is -1.75. The minimum atomic E-state index is -1.12. The maximum absolute atomic E-state index is 11.3. The maximum atomic E-state index is 11.3. The van der Waals surface area contributed by atoms with Gasteiger partial charge in [-0.3, -0.25) is 14.4 Å². The number of ether oxygens (including phenoxy) is 5. The summed E-state index contributed by atoms with van der Waals surface area (Å²) in [5, 5.41) is 0.422. The molecular formula is C14H23NO9. The van der Waals surface area contributed by atoms with Gasteiger partial charge in [0.2, 0.25) is 0 Å². The van der Waals surface area contributed by atoms with E-state index in [0.29, 0.717) is 44.7 Å². The van der Waals surface area contributed by atoms with Crippen LogP contribution in [0.3, 0.4) is 0 Å². The van der Waals surface area contributed by atoms with Gasteiger partial charge in [0.1, 0.15) is 6.61 Å². The predicted molar refractivity (Wildman–Crippen MR) is 77.9 cm³/mol. The van der Waals surface area contributed by atoms with Gasteiger partial charge in [-0.1, -0.05) is 5.06 Å². The maximum Gasteiger partial charge on any atom is 0.534 e. The summed E-state index contributed by atoms with van der Waals surface area (Å²) in [7, 11) is 1.60. The van der Waals surface area contributed by atoms with Gasteiger partial charge in [-0.25, -0.2) is 4.79 Å². The first kappa shape index (κ1) is 20.3. The molecule has 0 unspecified atom stereocenters. The summed E-state index contributed by atoms with van der Waals surface area (Å²) in [6, 6.07) is 0. The molecule has 0 spiro atoms. The summed E-state index contributed by atoms with van der Waals surface area (Å²) in [6.45, 7) is 2.80. The fraction of sp³-hybridized carbons (Fsp3) is 0.786. The Morgan fingerprint density at radius 1 is 0.833 bits per heavy atom. The fourth-order valence-electron chi connectivity index (χ4n) is 1.63. The molecule has 0 aromatic rings. The van der Waals surface area contributed by atoms with Crippen LogP contribution in [0.1, 0.15) is 12.8 Å². The van der Waals surface area contributed by atoms with Crippen LogP contribution >= 0.6 is 0 Å². The molecule has 1 fully saturated rings. The van der Waals surface area contributed by atoms with Crippen molar-refractivity contribution in [3.05, 3.63) is 0 Å². The third kappa shape index (κ3) is 8.77. The van der Waals surface area contributed by atoms with Gasteiger partial charge in [0.15, 0.2) is 0 Å². The summed E-state index contributed by atoms with van der Waals surface area (Å²) >= 11 is 0. The first-order valence-corrected chi connectivity index (χ1v) is 7.58. The first-order valence-electron chi connectivity index (χ1n) is 7.58. The number of hydroxylamine groups is 2. The van der Waals surface area contributed by atoms with E-state index in [2.05, 4.69) is 9.57 Å². The van der Waals surface area contributed by atoms with Gasteiger partial charge in [0.25, 0.3) is 11.8 Å². The van der Waals surface area contributed by atoms with E-state index >= 15 is 0 Å². The molecule has 0 aromatic heterocycles. The summed E-state index contributed by atoms with van der Waals surface area (Å²) < 4.78 is 25.1. The molecule has 0 saturated carbocycles. The third-order valence-electron chi connectivity index (χ3n) is 2.79. The molecule has 1 aliphatic heterocycles. The molecule has 0 atom stereocenters. The van der Waals surface area contributed by atoms with Crippen LogP contribution in [0.2, 0.25) is 0 Å². The Morgan fingerprint density at radius 2 is 1.29 bits per heavy atom. The second-order valence-corrected chi connectivity index (χ2v) is 4.60. The van der Waals surface area contributed by atoms with E-state index < -0.39 is 18.0 Å². The van der Waals surface area contributed by atoms with Gasteiger partial charge in [0, 0.05) is 20.0 Å². The fourth-order valence-corrected chi connectivity index (χ4v) is 1.63. The van der Waals surface area contributed by atoms with Crippen molar-refractivity contribution < 1.29 is 42.9 Å².